The molecule has 0 unspecified atom stereocenters. The van der Waals surface area contributed by atoms with Crippen LogP contribution in [0.3, 0.4) is 0 Å². The van der Waals surface area contributed by atoms with Crippen LogP contribution in [0.25, 0.3) is 0 Å². The molecule has 0 bridgehead atoms. The molecule has 0 aromatic carbocycles. The van der Waals surface area contributed by atoms with Crippen molar-refractivity contribution in [2.45, 2.75) is 44.7 Å². The van der Waals surface area contributed by atoms with Gasteiger partial charge in [0.15, 0.2) is 0 Å². The molecule has 2 N–H and O–H groups in total. The summed E-state index contributed by atoms with van der Waals surface area (Å²) in [5.41, 5.74) is 8.76. The van der Waals surface area contributed by atoms with Gasteiger partial charge in [-0.3, -0.25) is 0 Å². The molecule has 2 aliphatic rings. The van der Waals surface area contributed by atoms with Crippen LogP contribution < -0.4 is 5.73 Å². The Labute approximate surface area is 96.4 Å². The highest BCUT2D eigenvalue weighted by Gasteiger charge is 2.26. The summed E-state index contributed by atoms with van der Waals surface area (Å²) in [7, 11) is 2.15. The lowest BCUT2D eigenvalue weighted by molar-refractivity contribution is 0.312. The van der Waals surface area contributed by atoms with Gasteiger partial charge in [0.1, 0.15) is 5.82 Å². The maximum absolute atomic E-state index is 6.24. The van der Waals surface area contributed by atoms with E-state index in [-0.39, 0.29) is 0 Å². The number of hydrogen-bond acceptors (Lipinski definition) is 3. The van der Waals surface area contributed by atoms with Gasteiger partial charge in [-0.1, -0.05) is 12.8 Å². The molecule has 1 aromatic heterocycles. The zero-order valence-corrected chi connectivity index (χ0v) is 9.95. The molecule has 0 saturated heterocycles. The number of likely N-dealkylation sites (N-methyl/N-ethyl adjacent to an activating group) is 1. The molecule has 3 rings (SSSR count). The number of hydrogen-bond donors (Lipinski definition) is 1. The highest BCUT2D eigenvalue weighted by Crippen LogP contribution is 2.34. The van der Waals surface area contributed by atoms with Gasteiger partial charge >= 0.3 is 0 Å². The van der Waals surface area contributed by atoms with Crippen molar-refractivity contribution >= 4 is 5.82 Å². The van der Waals surface area contributed by atoms with Crippen LogP contribution in [0.5, 0.6) is 0 Å². The Bertz CT molecular complexity index is 390. The van der Waals surface area contributed by atoms with Crippen molar-refractivity contribution < 1.29 is 0 Å². The molecule has 0 atom stereocenters. The molecule has 88 valence electrons. The van der Waals surface area contributed by atoms with E-state index in [1.165, 1.54) is 36.9 Å². The summed E-state index contributed by atoms with van der Waals surface area (Å²) < 4.78 is 2.11. The molecule has 0 spiro atoms. The van der Waals surface area contributed by atoms with Gasteiger partial charge in [0.05, 0.1) is 11.7 Å². The third-order valence-electron chi connectivity index (χ3n) is 3.96. The first kappa shape index (κ1) is 10.1. The van der Waals surface area contributed by atoms with Crippen LogP contribution in [0.1, 0.15) is 43.0 Å². The number of anilines is 1. The fraction of sp³-hybridized carbons (Fsp3) is 0.750. The standard InChI is InChI=1S/C12H20N4/c1-15-7-6-11-10(8-15)12(13)16(14-11)9-4-2-3-5-9/h9H,2-8,13H2,1H3. The van der Waals surface area contributed by atoms with E-state index in [0.29, 0.717) is 6.04 Å². The predicted octanol–water partition coefficient (Wildman–Crippen LogP) is 1.57. The molecule has 16 heavy (non-hydrogen) atoms. The topological polar surface area (TPSA) is 47.1 Å². The SMILES string of the molecule is CN1CCc2nn(C3CCCC3)c(N)c2C1. The van der Waals surface area contributed by atoms with E-state index in [9.17, 15) is 0 Å². The van der Waals surface area contributed by atoms with Crippen molar-refractivity contribution in [2.24, 2.45) is 0 Å². The van der Waals surface area contributed by atoms with Gasteiger partial charge in [-0.25, -0.2) is 4.68 Å². The lowest BCUT2D eigenvalue weighted by Gasteiger charge is -2.21. The Morgan fingerprint density at radius 1 is 1.31 bits per heavy atom. The average molecular weight is 220 g/mol. The fourth-order valence-corrected chi connectivity index (χ4v) is 2.98. The summed E-state index contributed by atoms with van der Waals surface area (Å²) in [6, 6.07) is 0.566. The Balaban J connectivity index is 1.95. The van der Waals surface area contributed by atoms with Gasteiger partial charge in [-0.2, -0.15) is 5.10 Å². The van der Waals surface area contributed by atoms with Crippen LogP contribution in [0.15, 0.2) is 0 Å². The van der Waals surface area contributed by atoms with Crippen molar-refractivity contribution in [3.63, 3.8) is 0 Å². The van der Waals surface area contributed by atoms with Gasteiger partial charge < -0.3 is 10.6 Å². The Morgan fingerprint density at radius 3 is 2.81 bits per heavy atom. The maximum atomic E-state index is 6.24. The molecule has 0 radical (unpaired) electrons. The zero-order valence-electron chi connectivity index (χ0n) is 9.95. The minimum Gasteiger partial charge on any atom is -0.384 e. The lowest BCUT2D eigenvalue weighted by atomic mass is 10.1. The first-order valence-corrected chi connectivity index (χ1v) is 6.30. The average Bonchev–Trinajstić information content (AvgIpc) is 2.87. The van der Waals surface area contributed by atoms with Gasteiger partial charge in [0.25, 0.3) is 0 Å². The Hall–Kier alpha value is -1.03. The highest BCUT2D eigenvalue weighted by atomic mass is 15.3. The van der Waals surface area contributed by atoms with E-state index in [1.807, 2.05) is 0 Å². The largest absolute Gasteiger partial charge is 0.384 e. The Kier molecular flexibility index (Phi) is 2.39. The van der Waals surface area contributed by atoms with Gasteiger partial charge in [-0.05, 0) is 19.9 Å². The fourth-order valence-electron chi connectivity index (χ4n) is 2.98. The number of rotatable bonds is 1. The second-order valence-electron chi connectivity index (χ2n) is 5.18. The number of fused-ring (bicyclic) bond motifs is 1. The zero-order chi connectivity index (χ0) is 11.1. The minimum absolute atomic E-state index is 0.566. The molecular weight excluding hydrogens is 200 g/mol. The third kappa shape index (κ3) is 1.52. The molecule has 1 fully saturated rings. The molecule has 4 nitrogen and oxygen atoms in total. The molecule has 1 aromatic rings. The number of nitrogen functional groups attached to an aromatic ring is 1. The third-order valence-corrected chi connectivity index (χ3v) is 3.96. The van der Waals surface area contributed by atoms with E-state index in [0.717, 1.165) is 25.3 Å². The van der Waals surface area contributed by atoms with E-state index in [1.54, 1.807) is 0 Å². The Morgan fingerprint density at radius 2 is 2.06 bits per heavy atom. The molecule has 0 amide bonds. The number of nitrogens with zero attached hydrogens (tertiary/aromatic N) is 3. The molecule has 2 heterocycles. The van der Waals surface area contributed by atoms with Crippen molar-refractivity contribution in [3.8, 4) is 0 Å². The summed E-state index contributed by atoms with van der Waals surface area (Å²) >= 11 is 0. The van der Waals surface area contributed by atoms with Gasteiger partial charge in [0.2, 0.25) is 0 Å². The first-order valence-electron chi connectivity index (χ1n) is 6.30. The molecular formula is C12H20N4. The summed E-state index contributed by atoms with van der Waals surface area (Å²) in [6.07, 6.45) is 6.21. The molecule has 1 saturated carbocycles. The second kappa shape index (κ2) is 3.77. The normalized spacial score (nSPS) is 22.6. The molecule has 1 aliphatic carbocycles. The van der Waals surface area contributed by atoms with Crippen LogP contribution in [-0.2, 0) is 13.0 Å². The molecule has 1 aliphatic heterocycles. The maximum Gasteiger partial charge on any atom is 0.126 e. The van der Waals surface area contributed by atoms with Crippen LogP contribution in [0.4, 0.5) is 5.82 Å². The number of nitrogens with two attached hydrogens (primary N) is 1. The quantitative estimate of drug-likeness (QED) is 0.781. The summed E-state index contributed by atoms with van der Waals surface area (Å²) in [4.78, 5) is 2.32. The number of aromatic nitrogens is 2. The summed E-state index contributed by atoms with van der Waals surface area (Å²) in [5.74, 6) is 0.924. The van der Waals surface area contributed by atoms with E-state index < -0.39 is 0 Å². The van der Waals surface area contributed by atoms with E-state index in [4.69, 9.17) is 10.8 Å². The van der Waals surface area contributed by atoms with Gasteiger partial charge in [0, 0.05) is 25.1 Å². The van der Waals surface area contributed by atoms with Crippen LogP contribution in [0.2, 0.25) is 0 Å². The van der Waals surface area contributed by atoms with Crippen molar-refractivity contribution in [2.75, 3.05) is 19.3 Å². The predicted molar refractivity (Wildman–Crippen MR) is 64.2 cm³/mol. The van der Waals surface area contributed by atoms with Gasteiger partial charge in [-0.15, -0.1) is 0 Å². The van der Waals surface area contributed by atoms with Crippen LogP contribution in [0, 0.1) is 0 Å². The van der Waals surface area contributed by atoms with Crippen molar-refractivity contribution in [1.29, 1.82) is 0 Å². The first-order chi connectivity index (χ1) is 7.75. The van der Waals surface area contributed by atoms with Crippen molar-refractivity contribution in [1.82, 2.24) is 14.7 Å². The second-order valence-corrected chi connectivity index (χ2v) is 5.18. The van der Waals surface area contributed by atoms with Crippen LogP contribution in [-0.4, -0.2) is 28.3 Å². The highest BCUT2D eigenvalue weighted by molar-refractivity contribution is 5.45. The minimum atomic E-state index is 0.566. The summed E-state index contributed by atoms with van der Waals surface area (Å²) in [6.45, 7) is 2.07. The van der Waals surface area contributed by atoms with Crippen LogP contribution >= 0.6 is 0 Å². The lowest BCUT2D eigenvalue weighted by Crippen LogP contribution is -2.26. The monoisotopic (exact) mass is 220 g/mol. The van der Waals surface area contributed by atoms with Crippen molar-refractivity contribution in [3.05, 3.63) is 11.3 Å². The van der Waals surface area contributed by atoms with E-state index in [2.05, 4.69) is 16.6 Å². The summed E-state index contributed by atoms with van der Waals surface area (Å²) in [5, 5.41) is 4.73. The van der Waals surface area contributed by atoms with E-state index >= 15 is 0 Å². The smallest absolute Gasteiger partial charge is 0.126 e. The molecule has 4 heteroatoms.